The van der Waals surface area contributed by atoms with Gasteiger partial charge in [-0.1, -0.05) is 6.07 Å². The van der Waals surface area contributed by atoms with Crippen LogP contribution in [-0.2, 0) is 21.4 Å². The van der Waals surface area contributed by atoms with Crippen LogP contribution in [0.1, 0.15) is 47.7 Å². The molecule has 0 spiro atoms. The van der Waals surface area contributed by atoms with Crippen LogP contribution in [0.5, 0.6) is 0 Å². The van der Waals surface area contributed by atoms with Crippen LogP contribution in [0.4, 0.5) is 0 Å². The second kappa shape index (κ2) is 8.03. The zero-order valence-electron chi connectivity index (χ0n) is 15.2. The molecule has 0 fully saturated rings. The van der Waals surface area contributed by atoms with E-state index in [2.05, 4.69) is 15.0 Å². The zero-order chi connectivity index (χ0) is 19.3. The fraction of sp³-hybridized carbons (Fsp3) is 0.421. The summed E-state index contributed by atoms with van der Waals surface area (Å²) >= 11 is 0. The first-order valence-corrected chi connectivity index (χ1v) is 8.43. The lowest BCUT2D eigenvalue weighted by Gasteiger charge is -2.29. The number of carboxylic acid groups (broad SMARTS) is 2. The van der Waals surface area contributed by atoms with Gasteiger partial charge in [0.2, 0.25) is 0 Å². The molecule has 1 unspecified atom stereocenters. The van der Waals surface area contributed by atoms with Gasteiger partial charge in [0.25, 0.3) is 0 Å². The fourth-order valence-electron chi connectivity index (χ4n) is 3.00. The number of rotatable bonds is 8. The molecule has 0 radical (unpaired) electrons. The highest BCUT2D eigenvalue weighted by atomic mass is 16.4. The van der Waals surface area contributed by atoms with E-state index in [-0.39, 0.29) is 25.7 Å². The predicted molar refractivity (Wildman–Crippen MR) is 95.0 cm³/mol. The van der Waals surface area contributed by atoms with E-state index in [1.807, 2.05) is 13.8 Å². The van der Waals surface area contributed by atoms with Crippen molar-refractivity contribution in [3.8, 4) is 0 Å². The van der Waals surface area contributed by atoms with E-state index in [0.29, 0.717) is 17.1 Å². The van der Waals surface area contributed by atoms with Crippen molar-refractivity contribution < 1.29 is 19.8 Å². The van der Waals surface area contributed by atoms with E-state index in [0.717, 1.165) is 11.4 Å². The standard InChI is InChI=1S/C19H23N3O4/c1-12-13(2)22-15(14(3)21-12)11-19(18(25)26,9-6-8-17(23)24)16-7-4-5-10-20-16/h4-5,7,10H,6,8-9,11H2,1-3H3,(H,23,24)(H,25,26). The highest BCUT2D eigenvalue weighted by molar-refractivity contribution is 5.81. The molecule has 138 valence electrons. The molecule has 0 aromatic carbocycles. The maximum atomic E-state index is 12.3. The third-order valence-corrected chi connectivity index (χ3v) is 4.61. The van der Waals surface area contributed by atoms with Crippen molar-refractivity contribution in [1.82, 2.24) is 15.0 Å². The third kappa shape index (κ3) is 4.22. The van der Waals surface area contributed by atoms with E-state index < -0.39 is 17.4 Å². The van der Waals surface area contributed by atoms with Gasteiger partial charge in [-0.15, -0.1) is 0 Å². The van der Waals surface area contributed by atoms with Crippen LogP contribution in [0.2, 0.25) is 0 Å². The minimum Gasteiger partial charge on any atom is -0.481 e. The summed E-state index contributed by atoms with van der Waals surface area (Å²) in [5.41, 5.74) is 1.87. The zero-order valence-corrected chi connectivity index (χ0v) is 15.2. The molecule has 0 aliphatic carbocycles. The summed E-state index contributed by atoms with van der Waals surface area (Å²) < 4.78 is 0. The van der Waals surface area contributed by atoms with Crippen molar-refractivity contribution in [3.63, 3.8) is 0 Å². The second-order valence-corrected chi connectivity index (χ2v) is 6.45. The number of aromatic nitrogens is 3. The van der Waals surface area contributed by atoms with Crippen LogP contribution in [0.25, 0.3) is 0 Å². The first kappa shape index (κ1) is 19.5. The molecule has 0 saturated heterocycles. The van der Waals surface area contributed by atoms with Crippen molar-refractivity contribution in [1.29, 1.82) is 0 Å². The summed E-state index contributed by atoms with van der Waals surface area (Å²) in [6.45, 7) is 5.49. The topological polar surface area (TPSA) is 113 Å². The molecule has 26 heavy (non-hydrogen) atoms. The molecule has 2 N–H and O–H groups in total. The Kier molecular flexibility index (Phi) is 6.02. The lowest BCUT2D eigenvalue weighted by molar-refractivity contribution is -0.145. The molecular weight excluding hydrogens is 334 g/mol. The minimum atomic E-state index is -1.35. The Morgan fingerprint density at radius 1 is 1.04 bits per heavy atom. The Morgan fingerprint density at radius 3 is 2.31 bits per heavy atom. The van der Waals surface area contributed by atoms with Gasteiger partial charge < -0.3 is 10.2 Å². The molecule has 2 aromatic rings. The third-order valence-electron chi connectivity index (χ3n) is 4.61. The van der Waals surface area contributed by atoms with Crippen LogP contribution < -0.4 is 0 Å². The Labute approximate surface area is 152 Å². The van der Waals surface area contributed by atoms with Gasteiger partial charge in [-0.2, -0.15) is 0 Å². The van der Waals surface area contributed by atoms with Gasteiger partial charge in [-0.3, -0.25) is 24.5 Å². The van der Waals surface area contributed by atoms with Crippen molar-refractivity contribution in [2.45, 2.75) is 51.9 Å². The fourth-order valence-corrected chi connectivity index (χ4v) is 3.00. The van der Waals surface area contributed by atoms with E-state index in [4.69, 9.17) is 5.11 Å². The molecule has 2 heterocycles. The highest BCUT2D eigenvalue weighted by Gasteiger charge is 2.42. The molecule has 2 rings (SSSR count). The summed E-state index contributed by atoms with van der Waals surface area (Å²) in [4.78, 5) is 36.5. The number of nitrogens with zero attached hydrogens (tertiary/aromatic N) is 3. The Balaban J connectivity index is 2.50. The van der Waals surface area contributed by atoms with Gasteiger partial charge in [0, 0.05) is 19.0 Å². The van der Waals surface area contributed by atoms with E-state index >= 15 is 0 Å². The van der Waals surface area contributed by atoms with Crippen LogP contribution in [-0.4, -0.2) is 37.1 Å². The smallest absolute Gasteiger partial charge is 0.316 e. The molecule has 7 nitrogen and oxygen atoms in total. The number of aliphatic carboxylic acids is 2. The van der Waals surface area contributed by atoms with E-state index in [9.17, 15) is 14.7 Å². The van der Waals surface area contributed by atoms with Crippen molar-refractivity contribution in [2.24, 2.45) is 0 Å². The number of hydrogen-bond donors (Lipinski definition) is 2. The molecular formula is C19H23N3O4. The molecule has 2 aromatic heterocycles. The number of hydrogen-bond acceptors (Lipinski definition) is 5. The lowest BCUT2D eigenvalue weighted by Crippen LogP contribution is -2.40. The first-order valence-electron chi connectivity index (χ1n) is 8.43. The van der Waals surface area contributed by atoms with Gasteiger partial charge in [0.1, 0.15) is 5.41 Å². The molecule has 0 aliphatic heterocycles. The molecule has 1 atom stereocenters. The van der Waals surface area contributed by atoms with Gasteiger partial charge in [0.15, 0.2) is 0 Å². The Morgan fingerprint density at radius 2 is 1.73 bits per heavy atom. The maximum Gasteiger partial charge on any atom is 0.316 e. The normalized spacial score (nSPS) is 13.2. The molecule has 0 amide bonds. The summed E-state index contributed by atoms with van der Waals surface area (Å²) in [5, 5.41) is 19.0. The molecule has 0 aliphatic rings. The molecule has 0 saturated carbocycles. The minimum absolute atomic E-state index is 0.0978. The predicted octanol–water partition coefficient (Wildman–Crippen LogP) is 2.62. The number of aryl methyl sites for hydroxylation is 3. The van der Waals surface area contributed by atoms with Crippen LogP contribution in [0.3, 0.4) is 0 Å². The van der Waals surface area contributed by atoms with Crippen molar-refractivity contribution >= 4 is 11.9 Å². The average molecular weight is 357 g/mol. The maximum absolute atomic E-state index is 12.3. The van der Waals surface area contributed by atoms with Crippen molar-refractivity contribution in [2.75, 3.05) is 0 Å². The average Bonchev–Trinajstić information content (AvgIpc) is 2.58. The number of carbonyl (C=O) groups is 2. The van der Waals surface area contributed by atoms with Gasteiger partial charge in [-0.25, -0.2) is 0 Å². The first-order chi connectivity index (χ1) is 12.3. The van der Waals surface area contributed by atoms with Crippen molar-refractivity contribution in [3.05, 3.63) is 52.9 Å². The highest BCUT2D eigenvalue weighted by Crippen LogP contribution is 2.33. The van der Waals surface area contributed by atoms with Crippen LogP contribution >= 0.6 is 0 Å². The Bertz CT molecular complexity index is 808. The monoisotopic (exact) mass is 357 g/mol. The molecule has 0 bridgehead atoms. The van der Waals surface area contributed by atoms with Gasteiger partial charge in [0.05, 0.1) is 28.5 Å². The van der Waals surface area contributed by atoms with Crippen LogP contribution in [0, 0.1) is 20.8 Å². The summed E-state index contributed by atoms with van der Waals surface area (Å²) in [6, 6.07) is 5.11. The SMILES string of the molecule is Cc1nc(C)c(CC(CCCC(=O)O)(C(=O)O)c2ccccn2)nc1C. The summed E-state index contributed by atoms with van der Waals surface area (Å²) in [6.07, 6.45) is 1.94. The number of carboxylic acids is 2. The van der Waals surface area contributed by atoms with E-state index in [1.54, 1.807) is 31.3 Å². The number of pyridine rings is 1. The summed E-state index contributed by atoms with van der Waals surface area (Å²) in [7, 11) is 0. The van der Waals surface area contributed by atoms with Gasteiger partial charge >= 0.3 is 11.9 Å². The molecule has 7 heteroatoms. The van der Waals surface area contributed by atoms with Crippen LogP contribution in [0.15, 0.2) is 24.4 Å². The summed E-state index contributed by atoms with van der Waals surface area (Å²) in [5.74, 6) is -1.99. The second-order valence-electron chi connectivity index (χ2n) is 6.45. The van der Waals surface area contributed by atoms with E-state index in [1.165, 1.54) is 0 Å². The quantitative estimate of drug-likeness (QED) is 0.746. The largest absolute Gasteiger partial charge is 0.481 e. The Hall–Kier alpha value is -2.83. The van der Waals surface area contributed by atoms with Gasteiger partial charge in [-0.05, 0) is 45.7 Å². The lowest BCUT2D eigenvalue weighted by atomic mass is 9.75.